The molecule has 0 bridgehead atoms. The second-order valence-corrected chi connectivity index (χ2v) is 14.3. The Kier molecular flexibility index (Phi) is 12.1. The third kappa shape index (κ3) is 10.8. The number of sulfonamides is 1. The lowest BCUT2D eigenvalue weighted by Gasteiger charge is -2.36. The predicted octanol–water partition coefficient (Wildman–Crippen LogP) is 4.44. The highest BCUT2D eigenvalue weighted by atomic mass is 32.2. The summed E-state index contributed by atoms with van der Waals surface area (Å²) in [6.45, 7) is 0.982. The largest absolute Gasteiger partial charge is 0.573 e. The highest BCUT2D eigenvalue weighted by Crippen LogP contribution is 2.31. The van der Waals surface area contributed by atoms with E-state index in [1.165, 1.54) is 34.6 Å². The number of aliphatic hydroxyl groups is 2. The van der Waals surface area contributed by atoms with Crippen LogP contribution in [-0.2, 0) is 19.6 Å². The van der Waals surface area contributed by atoms with Gasteiger partial charge in [0, 0.05) is 24.5 Å². The van der Waals surface area contributed by atoms with Crippen LogP contribution < -0.4 is 25.4 Å². The fourth-order valence-electron chi connectivity index (χ4n) is 4.90. The van der Waals surface area contributed by atoms with Gasteiger partial charge in [-0.25, -0.2) is 8.42 Å². The van der Waals surface area contributed by atoms with E-state index in [1.54, 1.807) is 11.4 Å². The van der Waals surface area contributed by atoms with Crippen molar-refractivity contribution in [1.29, 1.82) is 0 Å². The lowest BCUT2D eigenvalue weighted by Crippen LogP contribution is -2.52. The zero-order chi connectivity index (χ0) is 36.8. The smallest absolute Gasteiger partial charge is 0.406 e. The summed E-state index contributed by atoms with van der Waals surface area (Å²) in [4.78, 5) is 24.5. The van der Waals surface area contributed by atoms with Crippen LogP contribution in [0.1, 0.15) is 25.7 Å². The lowest BCUT2D eigenvalue weighted by atomic mass is 9.91. The summed E-state index contributed by atoms with van der Waals surface area (Å²) in [5, 5.41) is 30.4. The van der Waals surface area contributed by atoms with Crippen LogP contribution in [0.5, 0.6) is 11.5 Å². The number of carbonyl (C=O) groups excluding carboxylic acids is 2. The van der Waals surface area contributed by atoms with Gasteiger partial charge in [-0.3, -0.25) is 9.59 Å². The zero-order valence-electron chi connectivity index (χ0n) is 25.9. The molecule has 0 unspecified atom stereocenters. The number of anilines is 2. The second-order valence-electron chi connectivity index (χ2n) is 11.2. The van der Waals surface area contributed by atoms with E-state index in [9.17, 15) is 54.6 Å². The van der Waals surface area contributed by atoms with Gasteiger partial charge in [-0.05, 0) is 98.8 Å². The van der Waals surface area contributed by atoms with Crippen molar-refractivity contribution in [1.82, 2.24) is 9.62 Å². The minimum atomic E-state index is -4.82. The number of rotatable bonds is 8. The summed E-state index contributed by atoms with van der Waals surface area (Å²) in [5.74, 6) is -2.13. The van der Waals surface area contributed by atoms with Gasteiger partial charge in [0.25, 0.3) is 21.8 Å². The number of hydrogen-bond acceptors (Lipinski definition) is 10. The predicted molar refractivity (Wildman–Crippen MR) is 168 cm³/mol. The van der Waals surface area contributed by atoms with Crippen molar-refractivity contribution < 1.29 is 64.0 Å². The average molecular weight is 755 g/mol. The van der Waals surface area contributed by atoms with Gasteiger partial charge in [-0.1, -0.05) is 6.07 Å². The number of hydrogen-bond donors (Lipinski definition) is 5. The Balaban J connectivity index is 0.000000237. The van der Waals surface area contributed by atoms with Gasteiger partial charge in [0.15, 0.2) is 0 Å². The van der Waals surface area contributed by atoms with Gasteiger partial charge in [0.05, 0.1) is 0 Å². The van der Waals surface area contributed by atoms with Crippen molar-refractivity contribution in [3.05, 3.63) is 66.0 Å². The van der Waals surface area contributed by atoms with Crippen LogP contribution in [0.25, 0.3) is 0 Å². The maximum Gasteiger partial charge on any atom is 0.573 e. The number of alkyl halides is 6. The van der Waals surface area contributed by atoms with Crippen LogP contribution in [0.2, 0.25) is 0 Å². The molecule has 20 heteroatoms. The molecule has 2 aliphatic heterocycles. The van der Waals surface area contributed by atoms with Crippen molar-refractivity contribution in [3.63, 3.8) is 0 Å². The molecule has 5 N–H and O–H groups in total. The summed E-state index contributed by atoms with van der Waals surface area (Å²) in [5.41, 5.74) is -2.78. The van der Waals surface area contributed by atoms with Crippen molar-refractivity contribution in [2.75, 3.05) is 36.8 Å². The number of nitrogens with zero attached hydrogens (tertiary/aromatic N) is 1. The number of thiophene rings is 1. The topological polar surface area (TPSA) is 167 Å². The fraction of sp³-hybridized carbons (Fsp3) is 0.400. The maximum absolute atomic E-state index is 12.5. The number of nitrogens with one attached hydrogen (secondary N) is 3. The van der Waals surface area contributed by atoms with Crippen LogP contribution in [0.15, 0.2) is 70.3 Å². The second kappa shape index (κ2) is 15.5. The molecule has 3 aromatic rings. The lowest BCUT2D eigenvalue weighted by molar-refractivity contribution is -0.275. The molecule has 0 atom stereocenters. The first-order valence-corrected chi connectivity index (χ1v) is 17.1. The van der Waals surface area contributed by atoms with Crippen LogP contribution in [0.4, 0.5) is 37.7 Å². The quantitative estimate of drug-likeness (QED) is 0.209. The standard InChI is InChI=1S/C17H17F3N2O5S2.C13H15F3N2O3/c18-17(19,20)27-13-5-3-12(4-6-13)21-15(23)16(24)7-9-22(10-8-16)29(25,26)14-2-1-11-28-14;14-13(15,16)21-10-3-1-9(2-4-10)18-11(19)12(20)5-7-17-8-6-12/h1-6,11,24H,7-10H2,(H,21,23);1-4,17,20H,5-8H2,(H,18,19). The first kappa shape index (κ1) is 38.8. The van der Waals surface area contributed by atoms with Crippen molar-refractivity contribution >= 4 is 44.5 Å². The molecule has 274 valence electrons. The molecule has 50 heavy (non-hydrogen) atoms. The van der Waals surface area contributed by atoms with Crippen LogP contribution in [0.3, 0.4) is 0 Å². The van der Waals surface area contributed by atoms with E-state index in [0.29, 0.717) is 18.8 Å². The molecule has 5 rings (SSSR count). The minimum absolute atomic E-state index is 0.0392. The maximum atomic E-state index is 12.5. The van der Waals surface area contributed by atoms with E-state index in [2.05, 4.69) is 25.4 Å². The highest BCUT2D eigenvalue weighted by Gasteiger charge is 2.43. The summed E-state index contributed by atoms with van der Waals surface area (Å²) in [7, 11) is -3.67. The first-order valence-electron chi connectivity index (χ1n) is 14.8. The van der Waals surface area contributed by atoms with Gasteiger partial charge >= 0.3 is 12.7 Å². The Hall–Kier alpha value is -3.95. The SMILES string of the molecule is O=C(Nc1ccc(OC(F)(F)F)cc1)C1(O)CCN(S(=O)(=O)c2cccs2)CC1.O=C(Nc1ccc(OC(F)(F)F)cc1)C1(O)CCNCC1. The monoisotopic (exact) mass is 754 g/mol. The third-order valence-corrected chi connectivity index (χ3v) is 10.9. The minimum Gasteiger partial charge on any atom is -0.406 e. The van der Waals surface area contributed by atoms with E-state index >= 15 is 0 Å². The highest BCUT2D eigenvalue weighted by molar-refractivity contribution is 7.91. The fourth-order valence-corrected chi connectivity index (χ4v) is 7.49. The van der Waals surface area contributed by atoms with E-state index in [1.807, 2.05) is 0 Å². The first-order chi connectivity index (χ1) is 23.3. The van der Waals surface area contributed by atoms with E-state index in [0.717, 1.165) is 35.6 Å². The van der Waals surface area contributed by atoms with E-state index < -0.39 is 51.5 Å². The molecule has 3 heterocycles. The van der Waals surface area contributed by atoms with Gasteiger partial charge in [0.2, 0.25) is 0 Å². The molecule has 2 aliphatic rings. The van der Waals surface area contributed by atoms with Gasteiger partial charge in [0.1, 0.15) is 26.9 Å². The molecule has 0 saturated carbocycles. The molecule has 0 aliphatic carbocycles. The summed E-state index contributed by atoms with van der Waals surface area (Å²) in [6, 6.07) is 12.3. The van der Waals surface area contributed by atoms with Crippen molar-refractivity contribution in [3.8, 4) is 11.5 Å². The Bertz CT molecular complexity index is 1690. The summed E-state index contributed by atoms with van der Waals surface area (Å²) >= 11 is 1.08. The number of halogens is 6. The van der Waals surface area contributed by atoms with Crippen molar-refractivity contribution in [2.45, 2.75) is 53.8 Å². The van der Waals surface area contributed by atoms with E-state index in [-0.39, 0.29) is 54.4 Å². The summed E-state index contributed by atoms with van der Waals surface area (Å²) in [6.07, 6.45) is -9.23. The molecule has 0 spiro atoms. The molecule has 2 amide bonds. The molecule has 2 fully saturated rings. The number of benzene rings is 2. The molecule has 1 aromatic heterocycles. The molecule has 2 saturated heterocycles. The Morgan fingerprint density at radius 2 is 1.16 bits per heavy atom. The normalized spacial score (nSPS) is 17.8. The molecule has 2 aromatic carbocycles. The Labute approximate surface area is 286 Å². The third-order valence-electron chi connectivity index (χ3n) is 7.61. The number of carbonyl (C=O) groups is 2. The van der Waals surface area contributed by atoms with Crippen LogP contribution in [-0.4, -0.2) is 84.9 Å². The molecule has 0 radical (unpaired) electrons. The average Bonchev–Trinajstić information content (AvgIpc) is 3.59. The molecule has 12 nitrogen and oxygen atoms in total. The van der Waals surface area contributed by atoms with Crippen LogP contribution >= 0.6 is 11.3 Å². The van der Waals surface area contributed by atoms with Gasteiger partial charge in [-0.15, -0.1) is 37.7 Å². The number of amides is 2. The van der Waals surface area contributed by atoms with E-state index in [4.69, 9.17) is 0 Å². The molecular formula is C30H32F6N4O8S2. The van der Waals surface area contributed by atoms with Crippen LogP contribution in [0, 0.1) is 0 Å². The number of piperidine rings is 2. The Morgan fingerprint density at radius 1 is 0.740 bits per heavy atom. The van der Waals surface area contributed by atoms with Gasteiger partial charge in [-0.2, -0.15) is 4.31 Å². The number of ether oxygens (including phenoxy) is 2. The zero-order valence-corrected chi connectivity index (χ0v) is 27.5. The summed E-state index contributed by atoms with van der Waals surface area (Å²) < 4.78 is 106. The van der Waals surface area contributed by atoms with Gasteiger partial charge < -0.3 is 35.6 Å². The van der Waals surface area contributed by atoms with Crippen molar-refractivity contribution in [2.24, 2.45) is 0 Å². The Morgan fingerprint density at radius 3 is 1.54 bits per heavy atom. The molecular weight excluding hydrogens is 722 g/mol.